The van der Waals surface area contributed by atoms with Crippen LogP contribution in [-0.4, -0.2) is 29.2 Å². The fourth-order valence-electron chi connectivity index (χ4n) is 2.07. The van der Waals surface area contributed by atoms with Gasteiger partial charge in [-0.3, -0.25) is 4.31 Å². The van der Waals surface area contributed by atoms with Crippen LogP contribution in [0.4, 0.5) is 5.69 Å². The summed E-state index contributed by atoms with van der Waals surface area (Å²) in [6, 6.07) is 11.1. The second-order valence-electron chi connectivity index (χ2n) is 4.69. The first kappa shape index (κ1) is 17.4. The first-order valence-corrected chi connectivity index (χ1v) is 8.77. The summed E-state index contributed by atoms with van der Waals surface area (Å²) in [6.07, 6.45) is 0. The molecule has 0 aromatic heterocycles. The van der Waals surface area contributed by atoms with Gasteiger partial charge in [0, 0.05) is 12.1 Å². The van der Waals surface area contributed by atoms with Crippen molar-refractivity contribution in [3.63, 3.8) is 0 Å². The molecule has 0 unspecified atom stereocenters. The molecule has 0 aliphatic carbocycles. The second-order valence-corrected chi connectivity index (χ2v) is 7.10. The number of sulfonamides is 1. The van der Waals surface area contributed by atoms with Crippen LogP contribution >= 0.6 is 11.6 Å². The molecule has 0 N–H and O–H groups in total. The van der Waals surface area contributed by atoms with E-state index in [1.165, 1.54) is 26.3 Å². The third-order valence-corrected chi connectivity index (χ3v) is 5.29. The van der Waals surface area contributed by atoms with E-state index in [1.807, 2.05) is 6.92 Å². The van der Waals surface area contributed by atoms with Gasteiger partial charge in [0.25, 0.3) is 10.0 Å². The van der Waals surface area contributed by atoms with E-state index in [2.05, 4.69) is 0 Å². The lowest BCUT2D eigenvalue weighted by atomic mass is 10.3. The van der Waals surface area contributed by atoms with Crippen molar-refractivity contribution in [2.45, 2.75) is 11.8 Å². The minimum Gasteiger partial charge on any atom is -0.495 e. The first-order chi connectivity index (χ1) is 10.9. The van der Waals surface area contributed by atoms with Gasteiger partial charge in [-0.1, -0.05) is 11.6 Å². The highest BCUT2D eigenvalue weighted by molar-refractivity contribution is 7.92. The van der Waals surface area contributed by atoms with E-state index < -0.39 is 10.0 Å². The number of hydrogen-bond donors (Lipinski definition) is 0. The van der Waals surface area contributed by atoms with Crippen molar-refractivity contribution < 1.29 is 17.9 Å². The van der Waals surface area contributed by atoms with Crippen LogP contribution in [0.3, 0.4) is 0 Å². The van der Waals surface area contributed by atoms with Gasteiger partial charge in [0.2, 0.25) is 0 Å². The molecule has 124 valence electrons. The molecule has 0 spiro atoms. The molecule has 0 bridgehead atoms. The third-order valence-electron chi connectivity index (χ3n) is 3.27. The number of methoxy groups -OCH3 is 1. The van der Waals surface area contributed by atoms with Crippen LogP contribution in [0.1, 0.15) is 6.92 Å². The van der Waals surface area contributed by atoms with Gasteiger partial charge in [0.1, 0.15) is 11.5 Å². The molecule has 0 atom stereocenters. The Hall–Kier alpha value is -1.92. The molecule has 2 rings (SSSR count). The summed E-state index contributed by atoms with van der Waals surface area (Å²) in [4.78, 5) is 0.158. The topological polar surface area (TPSA) is 55.8 Å². The van der Waals surface area contributed by atoms with Crippen LogP contribution in [0, 0.1) is 0 Å². The fourth-order valence-corrected chi connectivity index (χ4v) is 3.44. The van der Waals surface area contributed by atoms with Crippen LogP contribution in [0.15, 0.2) is 47.4 Å². The Morgan fingerprint density at radius 1 is 1.13 bits per heavy atom. The van der Waals surface area contributed by atoms with Crippen LogP contribution in [0.5, 0.6) is 11.5 Å². The molecule has 0 saturated carbocycles. The van der Waals surface area contributed by atoms with Crippen molar-refractivity contribution in [2.24, 2.45) is 0 Å². The van der Waals surface area contributed by atoms with Gasteiger partial charge in [0.05, 0.1) is 24.3 Å². The molecule has 0 aliphatic rings. The van der Waals surface area contributed by atoms with E-state index in [4.69, 9.17) is 21.1 Å². The molecule has 0 aliphatic heterocycles. The normalized spacial score (nSPS) is 11.1. The van der Waals surface area contributed by atoms with Gasteiger partial charge in [-0.05, 0) is 49.4 Å². The smallest absolute Gasteiger partial charge is 0.264 e. The number of halogens is 1. The highest BCUT2D eigenvalue weighted by atomic mass is 35.5. The summed E-state index contributed by atoms with van der Waals surface area (Å²) < 4.78 is 37.2. The lowest BCUT2D eigenvalue weighted by Gasteiger charge is -2.22. The Kier molecular flexibility index (Phi) is 5.38. The van der Waals surface area contributed by atoms with E-state index >= 15 is 0 Å². The molecular formula is C16H18ClNO4S. The molecule has 5 nitrogen and oxygen atoms in total. The van der Waals surface area contributed by atoms with Gasteiger partial charge in [-0.25, -0.2) is 8.42 Å². The summed E-state index contributed by atoms with van der Waals surface area (Å²) >= 11 is 5.98. The lowest BCUT2D eigenvalue weighted by Crippen LogP contribution is -2.27. The highest BCUT2D eigenvalue weighted by Gasteiger charge is 2.24. The molecule has 0 heterocycles. The Balaban J connectivity index is 2.40. The van der Waals surface area contributed by atoms with E-state index in [1.54, 1.807) is 30.3 Å². The van der Waals surface area contributed by atoms with Gasteiger partial charge in [-0.15, -0.1) is 0 Å². The standard InChI is InChI=1S/C16H18ClNO4S/c1-4-22-13-6-8-14(9-7-13)23(19,20)18(2)15-11-12(17)5-10-16(15)21-3/h5-11H,4H2,1-3H3. The highest BCUT2D eigenvalue weighted by Crippen LogP contribution is 2.33. The first-order valence-electron chi connectivity index (χ1n) is 6.95. The largest absolute Gasteiger partial charge is 0.495 e. The molecule has 0 amide bonds. The van der Waals surface area contributed by atoms with Crippen LogP contribution < -0.4 is 13.8 Å². The van der Waals surface area contributed by atoms with Gasteiger partial charge >= 0.3 is 0 Å². The summed E-state index contributed by atoms with van der Waals surface area (Å²) in [6.45, 7) is 2.38. The molecule has 0 saturated heterocycles. The Morgan fingerprint density at radius 2 is 1.78 bits per heavy atom. The zero-order valence-electron chi connectivity index (χ0n) is 13.1. The number of ether oxygens (including phenoxy) is 2. The van der Waals surface area contributed by atoms with Gasteiger partial charge < -0.3 is 9.47 Å². The quantitative estimate of drug-likeness (QED) is 0.794. The Bertz CT molecular complexity index is 775. The zero-order valence-corrected chi connectivity index (χ0v) is 14.7. The fraction of sp³-hybridized carbons (Fsp3) is 0.250. The lowest BCUT2D eigenvalue weighted by molar-refractivity contribution is 0.340. The number of anilines is 1. The number of hydrogen-bond acceptors (Lipinski definition) is 4. The van der Waals surface area contributed by atoms with Crippen molar-refractivity contribution in [1.29, 1.82) is 0 Å². The van der Waals surface area contributed by atoms with Crippen LogP contribution in [0.2, 0.25) is 5.02 Å². The third kappa shape index (κ3) is 3.71. The SMILES string of the molecule is CCOc1ccc(S(=O)(=O)N(C)c2cc(Cl)ccc2OC)cc1. The molecule has 2 aromatic carbocycles. The molecule has 0 fully saturated rings. The number of rotatable bonds is 6. The predicted molar refractivity (Wildman–Crippen MR) is 91.2 cm³/mol. The van der Waals surface area contributed by atoms with E-state index in [0.29, 0.717) is 28.8 Å². The minimum absolute atomic E-state index is 0.158. The maximum Gasteiger partial charge on any atom is 0.264 e. The van der Waals surface area contributed by atoms with Gasteiger partial charge in [-0.2, -0.15) is 0 Å². The van der Waals surface area contributed by atoms with Crippen LogP contribution in [0.25, 0.3) is 0 Å². The molecule has 7 heteroatoms. The number of nitrogens with zero attached hydrogens (tertiary/aromatic N) is 1. The Labute approximate surface area is 141 Å². The number of benzene rings is 2. The molecule has 23 heavy (non-hydrogen) atoms. The van der Waals surface area contributed by atoms with Crippen molar-refractivity contribution in [3.05, 3.63) is 47.5 Å². The van der Waals surface area contributed by atoms with Crippen molar-refractivity contribution in [2.75, 3.05) is 25.1 Å². The maximum absolute atomic E-state index is 12.8. The van der Waals surface area contributed by atoms with Crippen molar-refractivity contribution >= 4 is 27.3 Å². The summed E-state index contributed by atoms with van der Waals surface area (Å²) in [5, 5.41) is 0.426. The molecular weight excluding hydrogens is 338 g/mol. The monoisotopic (exact) mass is 355 g/mol. The second kappa shape index (κ2) is 7.10. The van der Waals surface area contributed by atoms with Crippen molar-refractivity contribution in [3.8, 4) is 11.5 Å². The van der Waals surface area contributed by atoms with E-state index in [-0.39, 0.29) is 4.90 Å². The van der Waals surface area contributed by atoms with Crippen LogP contribution in [-0.2, 0) is 10.0 Å². The maximum atomic E-state index is 12.8. The van der Waals surface area contributed by atoms with Crippen molar-refractivity contribution in [1.82, 2.24) is 0 Å². The van der Waals surface area contributed by atoms with E-state index in [0.717, 1.165) is 4.31 Å². The molecule has 0 radical (unpaired) electrons. The minimum atomic E-state index is -3.73. The Morgan fingerprint density at radius 3 is 2.35 bits per heavy atom. The summed E-state index contributed by atoms with van der Waals surface area (Å²) in [5.41, 5.74) is 0.369. The average molecular weight is 356 g/mol. The zero-order chi connectivity index (χ0) is 17.0. The summed E-state index contributed by atoms with van der Waals surface area (Å²) in [5.74, 6) is 1.04. The van der Waals surface area contributed by atoms with Gasteiger partial charge in [0.15, 0.2) is 0 Å². The molecule has 2 aromatic rings. The predicted octanol–water partition coefficient (Wildman–Crippen LogP) is 3.57. The average Bonchev–Trinajstić information content (AvgIpc) is 2.55. The summed E-state index contributed by atoms with van der Waals surface area (Å²) in [7, 11) is -0.799. The van der Waals surface area contributed by atoms with E-state index in [9.17, 15) is 8.42 Å².